The van der Waals surface area contributed by atoms with Gasteiger partial charge in [0.2, 0.25) is 0 Å². The Bertz CT molecular complexity index is 236. The van der Waals surface area contributed by atoms with E-state index in [2.05, 4.69) is 46.9 Å². The molecule has 5 atom stereocenters. The van der Waals surface area contributed by atoms with Gasteiger partial charge in [-0.1, -0.05) is 53.9 Å². The monoisotopic (exact) mass is 267 g/mol. The van der Waals surface area contributed by atoms with Crippen LogP contribution in [-0.2, 0) is 0 Å². The molecule has 0 bridgehead atoms. The molecule has 0 radical (unpaired) electrons. The lowest BCUT2D eigenvalue weighted by atomic mass is 9.72. The van der Waals surface area contributed by atoms with Crippen LogP contribution in [-0.4, -0.2) is 12.1 Å². The van der Waals surface area contributed by atoms with Crippen molar-refractivity contribution in [3.05, 3.63) is 0 Å². The Morgan fingerprint density at radius 2 is 1.79 bits per heavy atom. The van der Waals surface area contributed by atoms with Crippen LogP contribution in [0.5, 0.6) is 0 Å². The van der Waals surface area contributed by atoms with Gasteiger partial charge in [0.25, 0.3) is 0 Å². The van der Waals surface area contributed by atoms with Gasteiger partial charge in [-0.25, -0.2) is 0 Å². The lowest BCUT2D eigenvalue weighted by molar-refractivity contribution is 0.151. The summed E-state index contributed by atoms with van der Waals surface area (Å²) in [5.74, 6) is 3.48. The predicted octanol–water partition coefficient (Wildman–Crippen LogP) is 5.25. The van der Waals surface area contributed by atoms with E-state index in [1.807, 2.05) is 0 Å². The van der Waals surface area contributed by atoms with Crippen LogP contribution in [0.15, 0.2) is 0 Å². The van der Waals surface area contributed by atoms with Gasteiger partial charge < -0.3 is 5.32 Å². The van der Waals surface area contributed by atoms with Crippen LogP contribution < -0.4 is 5.32 Å². The first-order chi connectivity index (χ1) is 8.95. The SMILES string of the molecule is CCCCC(NC(C)C1CCC(C)CC1C)C(C)C. The van der Waals surface area contributed by atoms with Crippen LogP contribution in [0, 0.1) is 23.7 Å². The number of nitrogens with one attached hydrogen (secondary N) is 1. The highest BCUT2D eigenvalue weighted by Gasteiger charge is 2.30. The quantitative estimate of drug-likeness (QED) is 0.664. The minimum atomic E-state index is 0.687. The number of hydrogen-bond donors (Lipinski definition) is 1. The number of hydrogen-bond acceptors (Lipinski definition) is 1. The normalized spacial score (nSPS) is 31.4. The molecule has 0 saturated heterocycles. The molecule has 0 aromatic heterocycles. The Balaban J connectivity index is 2.48. The van der Waals surface area contributed by atoms with Gasteiger partial charge in [0.05, 0.1) is 0 Å². The summed E-state index contributed by atoms with van der Waals surface area (Å²) in [5.41, 5.74) is 0. The van der Waals surface area contributed by atoms with E-state index in [9.17, 15) is 0 Å². The Hall–Kier alpha value is -0.0400. The summed E-state index contributed by atoms with van der Waals surface area (Å²) in [6.45, 7) is 14.3. The van der Waals surface area contributed by atoms with E-state index in [0.29, 0.717) is 12.1 Å². The first-order valence-electron chi connectivity index (χ1n) is 8.71. The third-order valence-electron chi connectivity index (χ3n) is 5.29. The van der Waals surface area contributed by atoms with Gasteiger partial charge in [0.15, 0.2) is 0 Å². The van der Waals surface area contributed by atoms with Crippen molar-refractivity contribution in [1.82, 2.24) is 5.32 Å². The lowest BCUT2D eigenvalue weighted by Gasteiger charge is -2.39. The Morgan fingerprint density at radius 3 is 2.32 bits per heavy atom. The van der Waals surface area contributed by atoms with Gasteiger partial charge in [-0.05, 0) is 49.9 Å². The van der Waals surface area contributed by atoms with Crippen molar-refractivity contribution in [1.29, 1.82) is 0 Å². The molecule has 0 aromatic rings. The number of unbranched alkanes of at least 4 members (excludes halogenated alkanes) is 1. The first-order valence-corrected chi connectivity index (χ1v) is 8.71. The zero-order valence-electron chi connectivity index (χ0n) is 14.2. The highest BCUT2D eigenvalue weighted by molar-refractivity contribution is 4.85. The van der Waals surface area contributed by atoms with E-state index < -0.39 is 0 Å². The average molecular weight is 268 g/mol. The molecule has 1 rings (SSSR count). The van der Waals surface area contributed by atoms with Gasteiger partial charge in [-0.2, -0.15) is 0 Å². The topological polar surface area (TPSA) is 12.0 Å². The zero-order valence-corrected chi connectivity index (χ0v) is 14.2. The van der Waals surface area contributed by atoms with E-state index in [4.69, 9.17) is 0 Å². The van der Waals surface area contributed by atoms with Gasteiger partial charge in [-0.15, -0.1) is 0 Å². The Morgan fingerprint density at radius 1 is 1.11 bits per heavy atom. The molecular weight excluding hydrogens is 230 g/mol. The summed E-state index contributed by atoms with van der Waals surface area (Å²) >= 11 is 0. The molecule has 0 amide bonds. The van der Waals surface area contributed by atoms with Crippen LogP contribution in [0.25, 0.3) is 0 Å². The minimum absolute atomic E-state index is 0.687. The third kappa shape index (κ3) is 5.45. The molecule has 0 aliphatic heterocycles. The Kier molecular flexibility index (Phi) is 7.42. The second-order valence-corrected chi connectivity index (χ2v) is 7.51. The van der Waals surface area contributed by atoms with Crippen molar-refractivity contribution in [3.8, 4) is 0 Å². The number of rotatable bonds is 7. The molecule has 1 saturated carbocycles. The fourth-order valence-corrected chi connectivity index (χ4v) is 3.93. The fraction of sp³-hybridized carbons (Fsp3) is 1.00. The van der Waals surface area contributed by atoms with Gasteiger partial charge in [0.1, 0.15) is 0 Å². The van der Waals surface area contributed by atoms with Gasteiger partial charge in [0, 0.05) is 12.1 Å². The minimum Gasteiger partial charge on any atom is -0.311 e. The first kappa shape index (κ1) is 17.0. The molecule has 0 spiro atoms. The second-order valence-electron chi connectivity index (χ2n) is 7.51. The van der Waals surface area contributed by atoms with Gasteiger partial charge >= 0.3 is 0 Å². The molecule has 0 aromatic carbocycles. The molecule has 1 aliphatic carbocycles. The summed E-state index contributed by atoms with van der Waals surface area (Å²) in [7, 11) is 0. The molecule has 1 heteroatoms. The van der Waals surface area contributed by atoms with Crippen molar-refractivity contribution in [2.45, 2.75) is 92.2 Å². The fourth-order valence-electron chi connectivity index (χ4n) is 3.93. The van der Waals surface area contributed by atoms with Gasteiger partial charge in [-0.3, -0.25) is 0 Å². The van der Waals surface area contributed by atoms with Crippen molar-refractivity contribution >= 4 is 0 Å². The molecular formula is C18H37N. The van der Waals surface area contributed by atoms with E-state index in [-0.39, 0.29) is 0 Å². The molecule has 5 unspecified atom stereocenters. The van der Waals surface area contributed by atoms with Crippen molar-refractivity contribution < 1.29 is 0 Å². The van der Waals surface area contributed by atoms with E-state index in [1.165, 1.54) is 38.5 Å². The van der Waals surface area contributed by atoms with E-state index >= 15 is 0 Å². The summed E-state index contributed by atoms with van der Waals surface area (Å²) in [4.78, 5) is 0. The molecule has 1 N–H and O–H groups in total. The molecule has 114 valence electrons. The highest BCUT2D eigenvalue weighted by Crippen LogP contribution is 2.35. The largest absolute Gasteiger partial charge is 0.311 e. The maximum Gasteiger partial charge on any atom is 0.00926 e. The summed E-state index contributed by atoms with van der Waals surface area (Å²) < 4.78 is 0. The highest BCUT2D eigenvalue weighted by atomic mass is 15.0. The smallest absolute Gasteiger partial charge is 0.00926 e. The molecule has 19 heavy (non-hydrogen) atoms. The van der Waals surface area contributed by atoms with Crippen molar-refractivity contribution in [2.75, 3.05) is 0 Å². The zero-order chi connectivity index (χ0) is 14.4. The predicted molar refractivity (Wildman–Crippen MR) is 86.4 cm³/mol. The maximum atomic E-state index is 3.97. The van der Waals surface area contributed by atoms with E-state index in [1.54, 1.807) is 0 Å². The van der Waals surface area contributed by atoms with Crippen LogP contribution in [0.4, 0.5) is 0 Å². The third-order valence-corrected chi connectivity index (χ3v) is 5.29. The van der Waals surface area contributed by atoms with Crippen molar-refractivity contribution in [2.24, 2.45) is 23.7 Å². The summed E-state index contributed by atoms with van der Waals surface area (Å²) in [6.07, 6.45) is 8.31. The Labute approximate surface area is 121 Å². The molecule has 1 nitrogen and oxygen atoms in total. The molecule has 1 aliphatic rings. The van der Waals surface area contributed by atoms with Crippen molar-refractivity contribution in [3.63, 3.8) is 0 Å². The maximum absolute atomic E-state index is 3.97. The summed E-state index contributed by atoms with van der Waals surface area (Å²) in [6, 6.07) is 1.40. The molecule has 1 fully saturated rings. The van der Waals surface area contributed by atoms with Crippen LogP contribution in [0.3, 0.4) is 0 Å². The lowest BCUT2D eigenvalue weighted by Crippen LogP contribution is -2.46. The average Bonchev–Trinajstić information content (AvgIpc) is 2.33. The second kappa shape index (κ2) is 8.29. The van der Waals surface area contributed by atoms with E-state index in [0.717, 1.165) is 23.7 Å². The van der Waals surface area contributed by atoms with Crippen LogP contribution >= 0.6 is 0 Å². The summed E-state index contributed by atoms with van der Waals surface area (Å²) in [5, 5.41) is 3.97. The van der Waals surface area contributed by atoms with Crippen LogP contribution in [0.1, 0.15) is 80.1 Å². The van der Waals surface area contributed by atoms with Crippen LogP contribution in [0.2, 0.25) is 0 Å². The molecule has 0 heterocycles. The standard InChI is InChI=1S/C18H37N/c1-7-8-9-18(13(2)3)19-16(6)17-11-10-14(4)12-15(17)5/h13-19H,7-12H2,1-6H3.